The lowest BCUT2D eigenvalue weighted by atomic mass is 10.3. The van der Waals surface area contributed by atoms with Crippen molar-refractivity contribution in [1.82, 2.24) is 15.5 Å². The van der Waals surface area contributed by atoms with Crippen LogP contribution in [-0.2, 0) is 14.3 Å². The van der Waals surface area contributed by atoms with E-state index in [-0.39, 0.29) is 11.5 Å². The fraction of sp³-hybridized carbons (Fsp3) is 0.692. The van der Waals surface area contributed by atoms with E-state index < -0.39 is 0 Å². The topological polar surface area (TPSA) is 86.6 Å². The van der Waals surface area contributed by atoms with Gasteiger partial charge in [-0.25, -0.2) is 0 Å². The maximum absolute atomic E-state index is 11.8. The van der Waals surface area contributed by atoms with Crippen LogP contribution >= 0.6 is 0 Å². The molecule has 0 saturated carbocycles. The molecule has 2 N–H and O–H groups in total. The molecule has 112 valence electrons. The van der Waals surface area contributed by atoms with E-state index in [4.69, 9.17) is 14.7 Å². The second kappa shape index (κ2) is 10.2. The van der Waals surface area contributed by atoms with E-state index in [1.807, 2.05) is 6.07 Å². The van der Waals surface area contributed by atoms with Gasteiger partial charge in [0.2, 0.25) is 0 Å². The van der Waals surface area contributed by atoms with Gasteiger partial charge in [-0.05, 0) is 0 Å². The highest BCUT2D eigenvalue weighted by atomic mass is 16.5. The van der Waals surface area contributed by atoms with E-state index in [1.54, 1.807) is 7.11 Å². The Balaban J connectivity index is 2.23. The zero-order chi connectivity index (χ0) is 14.6. The van der Waals surface area contributed by atoms with Crippen LogP contribution in [0.4, 0.5) is 0 Å². The van der Waals surface area contributed by atoms with Crippen molar-refractivity contribution in [2.75, 3.05) is 59.7 Å². The quantitative estimate of drug-likeness (QED) is 0.340. The van der Waals surface area contributed by atoms with Crippen LogP contribution in [0.1, 0.15) is 0 Å². The van der Waals surface area contributed by atoms with Crippen molar-refractivity contribution in [1.29, 1.82) is 5.26 Å². The minimum atomic E-state index is -0.356. The molecule has 0 spiro atoms. The standard InChI is InChI=1S/C13H22N4O3/c1-19-7-3-15-11-12(10-14)13(18)16-2-4-17-5-8-20-9-6-17/h11,15H,2-9H2,1H3,(H,16,18)/b12-11-. The fourth-order valence-electron chi connectivity index (χ4n) is 1.73. The van der Waals surface area contributed by atoms with Crippen LogP contribution in [0.3, 0.4) is 0 Å². The van der Waals surface area contributed by atoms with Gasteiger partial charge in [0.1, 0.15) is 11.6 Å². The number of amides is 1. The molecule has 7 heteroatoms. The normalized spacial score (nSPS) is 16.5. The predicted octanol–water partition coefficient (Wildman–Crippen LogP) is -0.922. The summed E-state index contributed by atoms with van der Waals surface area (Å²) in [5.41, 5.74) is 0.0723. The number of hydrogen-bond donors (Lipinski definition) is 2. The van der Waals surface area contributed by atoms with Gasteiger partial charge in [0.05, 0.1) is 19.8 Å². The lowest BCUT2D eigenvalue weighted by Gasteiger charge is -2.26. The maximum atomic E-state index is 11.8. The van der Waals surface area contributed by atoms with Crippen LogP contribution in [-0.4, -0.2) is 70.5 Å². The van der Waals surface area contributed by atoms with Crippen molar-refractivity contribution in [3.05, 3.63) is 11.8 Å². The fourth-order valence-corrected chi connectivity index (χ4v) is 1.73. The summed E-state index contributed by atoms with van der Waals surface area (Å²) >= 11 is 0. The van der Waals surface area contributed by atoms with Crippen molar-refractivity contribution in [2.45, 2.75) is 0 Å². The molecule has 0 atom stereocenters. The molecule has 1 heterocycles. The lowest BCUT2D eigenvalue weighted by molar-refractivity contribution is -0.117. The number of ether oxygens (including phenoxy) is 2. The minimum absolute atomic E-state index is 0.0723. The average molecular weight is 282 g/mol. The average Bonchev–Trinajstić information content (AvgIpc) is 2.48. The van der Waals surface area contributed by atoms with Crippen molar-refractivity contribution in [3.63, 3.8) is 0 Å². The Morgan fingerprint density at radius 1 is 1.45 bits per heavy atom. The van der Waals surface area contributed by atoms with Crippen LogP contribution in [0.25, 0.3) is 0 Å². The highest BCUT2D eigenvalue weighted by molar-refractivity contribution is 5.97. The van der Waals surface area contributed by atoms with Crippen LogP contribution in [0.2, 0.25) is 0 Å². The van der Waals surface area contributed by atoms with Gasteiger partial charge in [-0.2, -0.15) is 5.26 Å². The monoisotopic (exact) mass is 282 g/mol. The molecule has 1 amide bonds. The molecular formula is C13H22N4O3. The van der Waals surface area contributed by atoms with Crippen LogP contribution in [0.5, 0.6) is 0 Å². The first kappa shape index (κ1) is 16.4. The number of nitrogens with one attached hydrogen (secondary N) is 2. The first-order chi connectivity index (χ1) is 9.77. The van der Waals surface area contributed by atoms with Crippen molar-refractivity contribution in [3.8, 4) is 6.07 Å². The van der Waals surface area contributed by atoms with Crippen molar-refractivity contribution < 1.29 is 14.3 Å². The smallest absolute Gasteiger partial charge is 0.263 e. The molecule has 0 aromatic heterocycles. The number of rotatable bonds is 8. The number of carbonyl (C=O) groups excluding carboxylic acids is 1. The molecule has 0 unspecified atom stereocenters. The lowest BCUT2D eigenvalue weighted by Crippen LogP contribution is -2.41. The van der Waals surface area contributed by atoms with E-state index in [0.717, 1.165) is 32.8 Å². The highest BCUT2D eigenvalue weighted by Gasteiger charge is 2.11. The van der Waals surface area contributed by atoms with Crippen LogP contribution in [0, 0.1) is 11.3 Å². The summed E-state index contributed by atoms with van der Waals surface area (Å²) in [6.45, 7) is 5.61. The zero-order valence-electron chi connectivity index (χ0n) is 11.9. The zero-order valence-corrected chi connectivity index (χ0v) is 11.9. The van der Waals surface area contributed by atoms with Crippen molar-refractivity contribution in [2.24, 2.45) is 0 Å². The first-order valence-electron chi connectivity index (χ1n) is 6.69. The SMILES string of the molecule is COCCN/C=C(/C#N)C(=O)NCCN1CCOCC1. The largest absolute Gasteiger partial charge is 0.387 e. The van der Waals surface area contributed by atoms with Gasteiger partial charge < -0.3 is 20.1 Å². The second-order valence-corrected chi connectivity index (χ2v) is 4.33. The molecule has 0 aromatic carbocycles. The molecule has 7 nitrogen and oxygen atoms in total. The van der Waals surface area contributed by atoms with E-state index in [9.17, 15) is 4.79 Å². The molecule has 1 saturated heterocycles. The van der Waals surface area contributed by atoms with E-state index in [2.05, 4.69) is 15.5 Å². The predicted molar refractivity (Wildman–Crippen MR) is 73.8 cm³/mol. The Labute approximate surface area is 119 Å². The van der Waals surface area contributed by atoms with Crippen molar-refractivity contribution >= 4 is 5.91 Å². The van der Waals surface area contributed by atoms with Gasteiger partial charge in [0, 0.05) is 46.0 Å². The molecule has 0 bridgehead atoms. The number of nitriles is 1. The van der Waals surface area contributed by atoms with Gasteiger partial charge in [0.25, 0.3) is 5.91 Å². The van der Waals surface area contributed by atoms with Crippen LogP contribution in [0.15, 0.2) is 11.8 Å². The summed E-state index contributed by atoms with van der Waals surface area (Å²) < 4.78 is 10.1. The number of morpholine rings is 1. The van der Waals surface area contributed by atoms with E-state index >= 15 is 0 Å². The third kappa shape index (κ3) is 6.52. The molecule has 1 aliphatic heterocycles. The summed E-state index contributed by atoms with van der Waals surface area (Å²) in [6, 6.07) is 1.88. The van der Waals surface area contributed by atoms with Gasteiger partial charge in [-0.15, -0.1) is 0 Å². The third-order valence-corrected chi connectivity index (χ3v) is 2.88. The molecular weight excluding hydrogens is 260 g/mol. The molecule has 1 fully saturated rings. The Morgan fingerprint density at radius 3 is 2.85 bits per heavy atom. The molecule has 0 aromatic rings. The van der Waals surface area contributed by atoms with Gasteiger partial charge >= 0.3 is 0 Å². The molecule has 0 radical (unpaired) electrons. The minimum Gasteiger partial charge on any atom is -0.387 e. The Morgan fingerprint density at radius 2 is 2.20 bits per heavy atom. The Bertz CT molecular complexity index is 359. The maximum Gasteiger partial charge on any atom is 0.263 e. The summed E-state index contributed by atoms with van der Waals surface area (Å²) in [5.74, 6) is -0.356. The highest BCUT2D eigenvalue weighted by Crippen LogP contribution is 1.95. The van der Waals surface area contributed by atoms with Gasteiger partial charge in [-0.1, -0.05) is 0 Å². The summed E-state index contributed by atoms with van der Waals surface area (Å²) in [6.07, 6.45) is 1.42. The summed E-state index contributed by atoms with van der Waals surface area (Å²) in [5, 5.41) is 14.5. The van der Waals surface area contributed by atoms with Gasteiger partial charge in [0.15, 0.2) is 0 Å². The van der Waals surface area contributed by atoms with E-state index in [1.165, 1.54) is 6.20 Å². The van der Waals surface area contributed by atoms with E-state index in [0.29, 0.717) is 19.7 Å². The second-order valence-electron chi connectivity index (χ2n) is 4.33. The number of hydrogen-bond acceptors (Lipinski definition) is 6. The molecule has 20 heavy (non-hydrogen) atoms. The Kier molecular flexibility index (Phi) is 8.38. The number of nitrogens with zero attached hydrogens (tertiary/aromatic N) is 2. The first-order valence-corrected chi connectivity index (χ1v) is 6.69. The Hall–Kier alpha value is -1.62. The molecule has 1 rings (SSSR count). The third-order valence-electron chi connectivity index (χ3n) is 2.88. The summed E-state index contributed by atoms with van der Waals surface area (Å²) in [4.78, 5) is 14.0. The number of carbonyl (C=O) groups is 1. The summed E-state index contributed by atoms with van der Waals surface area (Å²) in [7, 11) is 1.59. The van der Waals surface area contributed by atoms with Crippen LogP contribution < -0.4 is 10.6 Å². The molecule has 0 aliphatic carbocycles. The molecule has 1 aliphatic rings. The number of methoxy groups -OCH3 is 1. The van der Waals surface area contributed by atoms with Gasteiger partial charge in [-0.3, -0.25) is 9.69 Å².